The number of ether oxygens (including phenoxy) is 2. The Labute approximate surface area is 151 Å². The molecule has 2 aromatic carbocycles. The summed E-state index contributed by atoms with van der Waals surface area (Å²) in [5.41, 5.74) is 0.0525. The second-order valence-electron chi connectivity index (χ2n) is 5.40. The van der Waals surface area contributed by atoms with Crippen molar-refractivity contribution in [2.45, 2.75) is 12.8 Å². The van der Waals surface area contributed by atoms with Gasteiger partial charge in [0.2, 0.25) is 5.82 Å². The van der Waals surface area contributed by atoms with Gasteiger partial charge in [-0.2, -0.15) is 18.2 Å². The Morgan fingerprint density at radius 3 is 2.48 bits per heavy atom. The number of rotatable bonds is 6. The molecule has 0 fully saturated rings. The Kier molecular flexibility index (Phi) is 5.11. The van der Waals surface area contributed by atoms with Crippen molar-refractivity contribution in [1.82, 2.24) is 10.1 Å². The van der Waals surface area contributed by atoms with Crippen molar-refractivity contribution < 1.29 is 32.0 Å². The highest BCUT2D eigenvalue weighted by molar-refractivity contribution is 5.76. The summed E-state index contributed by atoms with van der Waals surface area (Å²) in [6, 6.07) is 9.06. The minimum atomic E-state index is -4.41. The van der Waals surface area contributed by atoms with Crippen LogP contribution in [0.2, 0.25) is 0 Å². The average Bonchev–Trinajstić information content (AvgIpc) is 3.14. The van der Waals surface area contributed by atoms with Crippen LogP contribution in [0.25, 0.3) is 11.4 Å². The van der Waals surface area contributed by atoms with E-state index in [9.17, 15) is 18.0 Å². The van der Waals surface area contributed by atoms with E-state index < -0.39 is 11.7 Å². The molecule has 6 nitrogen and oxygen atoms in total. The topological polar surface area (TPSA) is 74.5 Å². The van der Waals surface area contributed by atoms with Crippen molar-refractivity contribution in [3.8, 4) is 22.9 Å². The van der Waals surface area contributed by atoms with E-state index in [2.05, 4.69) is 10.1 Å². The van der Waals surface area contributed by atoms with Crippen molar-refractivity contribution in [2.24, 2.45) is 0 Å². The molecule has 0 aliphatic carbocycles. The first-order chi connectivity index (χ1) is 12.9. The van der Waals surface area contributed by atoms with E-state index in [0.717, 1.165) is 12.1 Å². The lowest BCUT2D eigenvalue weighted by Gasteiger charge is -2.09. The zero-order valence-electron chi connectivity index (χ0n) is 14.0. The third-order valence-corrected chi connectivity index (χ3v) is 3.61. The maximum Gasteiger partial charge on any atom is 0.416 e. The average molecular weight is 378 g/mol. The minimum Gasteiger partial charge on any atom is -0.493 e. The smallest absolute Gasteiger partial charge is 0.416 e. The first-order valence-corrected chi connectivity index (χ1v) is 7.67. The van der Waals surface area contributed by atoms with Gasteiger partial charge >= 0.3 is 6.18 Å². The molecule has 3 rings (SSSR count). The highest BCUT2D eigenvalue weighted by Crippen LogP contribution is 2.31. The fraction of sp³-hybridized carbons (Fsp3) is 0.167. The van der Waals surface area contributed by atoms with Crippen molar-refractivity contribution in [2.75, 3.05) is 7.11 Å². The SMILES string of the molecule is COc1cc(C=O)ccc1OCc1nc(-c2ccc(C(F)(F)F)cc2)no1. The predicted octanol–water partition coefficient (Wildman–Crippen LogP) is 4.16. The number of hydrogen-bond donors (Lipinski definition) is 0. The number of aldehydes is 1. The summed E-state index contributed by atoms with van der Waals surface area (Å²) in [6.45, 7) is -0.0789. The van der Waals surface area contributed by atoms with Gasteiger partial charge in [0.05, 0.1) is 12.7 Å². The molecule has 0 saturated carbocycles. The third kappa shape index (κ3) is 4.25. The summed E-state index contributed by atoms with van der Waals surface area (Å²) in [5.74, 6) is 1.01. The molecule has 0 N–H and O–H groups in total. The van der Waals surface area contributed by atoms with Crippen LogP contribution >= 0.6 is 0 Å². The maximum atomic E-state index is 12.6. The molecule has 0 amide bonds. The van der Waals surface area contributed by atoms with Crippen LogP contribution in [-0.2, 0) is 12.8 Å². The molecule has 140 valence electrons. The van der Waals surface area contributed by atoms with Crippen molar-refractivity contribution in [3.05, 3.63) is 59.5 Å². The van der Waals surface area contributed by atoms with Gasteiger partial charge in [-0.25, -0.2) is 0 Å². The molecule has 0 radical (unpaired) electrons. The number of alkyl halides is 3. The maximum absolute atomic E-state index is 12.6. The van der Waals surface area contributed by atoms with Gasteiger partial charge in [0.1, 0.15) is 6.29 Å². The molecule has 1 aromatic heterocycles. The van der Waals surface area contributed by atoms with Crippen LogP contribution in [-0.4, -0.2) is 23.5 Å². The van der Waals surface area contributed by atoms with Gasteiger partial charge in [0.15, 0.2) is 18.1 Å². The summed E-state index contributed by atoms with van der Waals surface area (Å²) in [5, 5.41) is 3.74. The summed E-state index contributed by atoms with van der Waals surface area (Å²) >= 11 is 0. The van der Waals surface area contributed by atoms with Crippen LogP contribution < -0.4 is 9.47 Å². The molecule has 9 heteroatoms. The predicted molar refractivity (Wildman–Crippen MR) is 87.4 cm³/mol. The van der Waals surface area contributed by atoms with Crippen LogP contribution in [0.5, 0.6) is 11.5 Å². The molecule has 3 aromatic rings. The van der Waals surface area contributed by atoms with Gasteiger partial charge in [-0.3, -0.25) is 4.79 Å². The van der Waals surface area contributed by atoms with E-state index in [1.807, 2.05) is 0 Å². The van der Waals surface area contributed by atoms with E-state index in [1.54, 1.807) is 12.1 Å². The molecule has 0 atom stereocenters. The summed E-state index contributed by atoms with van der Waals surface area (Å²) in [7, 11) is 1.44. The van der Waals surface area contributed by atoms with Crippen LogP contribution in [0, 0.1) is 0 Å². The third-order valence-electron chi connectivity index (χ3n) is 3.61. The van der Waals surface area contributed by atoms with E-state index >= 15 is 0 Å². The van der Waals surface area contributed by atoms with E-state index in [0.29, 0.717) is 28.9 Å². The van der Waals surface area contributed by atoms with Gasteiger partial charge in [0.25, 0.3) is 5.89 Å². The number of halogens is 3. The number of hydrogen-bond acceptors (Lipinski definition) is 6. The zero-order chi connectivity index (χ0) is 19.4. The molecule has 0 unspecified atom stereocenters. The second kappa shape index (κ2) is 7.48. The first kappa shape index (κ1) is 18.4. The Morgan fingerprint density at radius 2 is 1.85 bits per heavy atom. The van der Waals surface area contributed by atoms with Crippen LogP contribution in [0.4, 0.5) is 13.2 Å². The summed E-state index contributed by atoms with van der Waals surface area (Å²) in [4.78, 5) is 14.9. The molecule has 27 heavy (non-hydrogen) atoms. The molecule has 0 bridgehead atoms. The number of nitrogens with zero attached hydrogens (tertiary/aromatic N) is 2. The second-order valence-corrected chi connectivity index (χ2v) is 5.40. The summed E-state index contributed by atoms with van der Waals surface area (Å²) in [6.07, 6.45) is -3.73. The Hall–Kier alpha value is -3.36. The van der Waals surface area contributed by atoms with E-state index in [-0.39, 0.29) is 18.3 Å². The van der Waals surface area contributed by atoms with E-state index in [4.69, 9.17) is 14.0 Å². The summed E-state index contributed by atoms with van der Waals surface area (Å²) < 4.78 is 53.5. The molecule has 0 aliphatic heterocycles. The molecular formula is C18H13F3N2O4. The number of carbonyl (C=O) groups excluding carboxylic acids is 1. The Bertz CT molecular complexity index is 937. The number of aromatic nitrogens is 2. The largest absolute Gasteiger partial charge is 0.493 e. The zero-order valence-corrected chi connectivity index (χ0v) is 14.0. The van der Waals surface area contributed by atoms with Gasteiger partial charge in [0, 0.05) is 11.1 Å². The van der Waals surface area contributed by atoms with Crippen LogP contribution in [0.15, 0.2) is 47.0 Å². The monoisotopic (exact) mass is 378 g/mol. The number of benzene rings is 2. The lowest BCUT2D eigenvalue weighted by atomic mass is 10.1. The Morgan fingerprint density at radius 1 is 1.11 bits per heavy atom. The van der Waals surface area contributed by atoms with Gasteiger partial charge in [-0.1, -0.05) is 17.3 Å². The highest BCUT2D eigenvalue weighted by Gasteiger charge is 2.30. The van der Waals surface area contributed by atoms with Crippen LogP contribution in [0.3, 0.4) is 0 Å². The van der Waals surface area contributed by atoms with Gasteiger partial charge in [-0.05, 0) is 30.3 Å². The van der Waals surface area contributed by atoms with Crippen molar-refractivity contribution in [1.29, 1.82) is 0 Å². The lowest BCUT2D eigenvalue weighted by Crippen LogP contribution is -2.04. The van der Waals surface area contributed by atoms with Gasteiger partial charge in [-0.15, -0.1) is 0 Å². The number of methoxy groups -OCH3 is 1. The first-order valence-electron chi connectivity index (χ1n) is 7.67. The van der Waals surface area contributed by atoms with E-state index in [1.165, 1.54) is 25.3 Å². The lowest BCUT2D eigenvalue weighted by molar-refractivity contribution is -0.137. The molecule has 0 saturated heterocycles. The molecule has 0 spiro atoms. The normalized spacial score (nSPS) is 11.3. The Balaban J connectivity index is 1.71. The fourth-order valence-corrected chi connectivity index (χ4v) is 2.26. The molecular weight excluding hydrogens is 365 g/mol. The van der Waals surface area contributed by atoms with Crippen molar-refractivity contribution >= 4 is 6.29 Å². The quantitative estimate of drug-likeness (QED) is 0.600. The standard InChI is InChI=1S/C18H13F3N2O4/c1-25-15-8-11(9-24)2-7-14(15)26-10-16-22-17(23-27-16)12-3-5-13(6-4-12)18(19,20)21/h2-9H,10H2,1H3. The van der Waals surface area contributed by atoms with Crippen LogP contribution in [0.1, 0.15) is 21.8 Å². The molecule has 0 aliphatic rings. The fourth-order valence-electron chi connectivity index (χ4n) is 2.26. The van der Waals surface area contributed by atoms with Crippen molar-refractivity contribution in [3.63, 3.8) is 0 Å². The highest BCUT2D eigenvalue weighted by atomic mass is 19.4. The number of carbonyl (C=O) groups is 1. The van der Waals surface area contributed by atoms with Gasteiger partial charge < -0.3 is 14.0 Å². The minimum absolute atomic E-state index is 0.0789. The molecule has 1 heterocycles.